The molecule has 0 aliphatic carbocycles. The van der Waals surface area contributed by atoms with Gasteiger partial charge in [0, 0.05) is 37.8 Å². The van der Waals surface area contributed by atoms with Crippen molar-refractivity contribution in [1.82, 2.24) is 24.4 Å². The van der Waals surface area contributed by atoms with Crippen LogP contribution in [0.25, 0.3) is 16.2 Å². The maximum absolute atomic E-state index is 13.7. The third-order valence-electron chi connectivity index (χ3n) is 5.59. The normalized spacial score (nSPS) is 14.6. The quantitative estimate of drug-likeness (QED) is 0.439. The fourth-order valence-corrected chi connectivity index (χ4v) is 4.56. The van der Waals surface area contributed by atoms with Crippen molar-refractivity contribution in [2.24, 2.45) is 0 Å². The SMILES string of the molecule is O=C(c1ccccc1)N1CCN(C(=O)c2cc3nc(-c4cccs4)cc(C(F)(F)F)n3n2)CC1. The van der Waals surface area contributed by atoms with Crippen molar-refractivity contribution in [2.75, 3.05) is 26.2 Å². The molecular formula is C23H18F3N5O2S. The first-order valence-corrected chi connectivity index (χ1v) is 11.3. The lowest BCUT2D eigenvalue weighted by Gasteiger charge is -2.34. The summed E-state index contributed by atoms with van der Waals surface area (Å²) in [7, 11) is 0. The van der Waals surface area contributed by atoms with Crippen molar-refractivity contribution in [3.05, 3.63) is 76.9 Å². The second-order valence-electron chi connectivity index (χ2n) is 7.75. The number of halogens is 3. The topological polar surface area (TPSA) is 70.8 Å². The molecule has 5 rings (SSSR count). The van der Waals surface area contributed by atoms with Crippen LogP contribution in [0.1, 0.15) is 26.5 Å². The first-order chi connectivity index (χ1) is 16.3. The number of aromatic nitrogens is 3. The Bertz CT molecular complexity index is 1340. The average Bonchev–Trinajstić information content (AvgIpc) is 3.53. The number of benzene rings is 1. The minimum Gasteiger partial charge on any atom is -0.335 e. The van der Waals surface area contributed by atoms with Crippen LogP contribution in [0.5, 0.6) is 0 Å². The number of rotatable bonds is 3. The highest BCUT2D eigenvalue weighted by Crippen LogP contribution is 2.33. The molecule has 1 aliphatic heterocycles. The molecule has 1 aliphatic rings. The van der Waals surface area contributed by atoms with Crippen LogP contribution in [0.15, 0.2) is 60.0 Å². The highest BCUT2D eigenvalue weighted by atomic mass is 32.1. The van der Waals surface area contributed by atoms with E-state index in [1.54, 1.807) is 46.7 Å². The number of piperazine rings is 1. The van der Waals surface area contributed by atoms with Gasteiger partial charge < -0.3 is 9.80 Å². The zero-order valence-electron chi connectivity index (χ0n) is 17.7. The van der Waals surface area contributed by atoms with Gasteiger partial charge in [-0.3, -0.25) is 9.59 Å². The van der Waals surface area contributed by atoms with Gasteiger partial charge in [-0.2, -0.15) is 18.3 Å². The molecule has 3 aromatic heterocycles. The Morgan fingerprint density at radius 3 is 2.18 bits per heavy atom. The van der Waals surface area contributed by atoms with E-state index in [1.165, 1.54) is 22.3 Å². The first-order valence-electron chi connectivity index (χ1n) is 10.5. The van der Waals surface area contributed by atoms with Crippen LogP contribution in [0.4, 0.5) is 13.2 Å². The zero-order valence-corrected chi connectivity index (χ0v) is 18.5. The lowest BCUT2D eigenvalue weighted by molar-refractivity contribution is -0.142. The number of nitrogens with zero attached hydrogens (tertiary/aromatic N) is 5. The van der Waals surface area contributed by atoms with Crippen LogP contribution >= 0.6 is 11.3 Å². The van der Waals surface area contributed by atoms with Gasteiger partial charge in [0.15, 0.2) is 17.0 Å². The number of hydrogen-bond donors (Lipinski definition) is 0. The number of amides is 2. The van der Waals surface area contributed by atoms with Crippen molar-refractivity contribution in [3.63, 3.8) is 0 Å². The summed E-state index contributed by atoms with van der Waals surface area (Å²) in [6.45, 7) is 1.15. The van der Waals surface area contributed by atoms with E-state index in [2.05, 4.69) is 10.1 Å². The van der Waals surface area contributed by atoms with E-state index in [-0.39, 0.29) is 36.0 Å². The minimum atomic E-state index is -4.68. The van der Waals surface area contributed by atoms with Gasteiger partial charge in [-0.05, 0) is 29.6 Å². The number of thiophene rings is 1. The lowest BCUT2D eigenvalue weighted by atomic mass is 10.2. The van der Waals surface area contributed by atoms with Gasteiger partial charge in [0.05, 0.1) is 10.6 Å². The second kappa shape index (κ2) is 8.56. The van der Waals surface area contributed by atoms with Gasteiger partial charge >= 0.3 is 6.18 Å². The molecule has 0 saturated carbocycles. The number of hydrogen-bond acceptors (Lipinski definition) is 5. The largest absolute Gasteiger partial charge is 0.433 e. The van der Waals surface area contributed by atoms with Gasteiger partial charge in [0.25, 0.3) is 11.8 Å². The predicted octanol–water partition coefficient (Wildman–Crippen LogP) is 4.07. The summed E-state index contributed by atoms with van der Waals surface area (Å²) < 4.78 is 41.9. The molecule has 11 heteroatoms. The standard InChI is InChI=1S/C23H18F3N5O2S/c24-23(25,26)19-13-16(18-7-4-12-34-18)27-20-14-17(28-31(19)20)22(33)30-10-8-29(9-11-30)21(32)15-5-2-1-3-6-15/h1-7,12-14H,8-11H2. The molecule has 1 aromatic carbocycles. The van der Waals surface area contributed by atoms with Crippen molar-refractivity contribution in [2.45, 2.75) is 6.18 Å². The third kappa shape index (κ3) is 4.14. The van der Waals surface area contributed by atoms with Crippen LogP contribution in [-0.4, -0.2) is 62.4 Å². The fourth-order valence-electron chi connectivity index (χ4n) is 3.87. The molecule has 1 fully saturated rings. The Balaban J connectivity index is 1.38. The van der Waals surface area contributed by atoms with Crippen LogP contribution in [-0.2, 0) is 6.18 Å². The maximum Gasteiger partial charge on any atom is 0.433 e. The molecule has 4 heterocycles. The summed E-state index contributed by atoms with van der Waals surface area (Å²) in [5, 5.41) is 5.70. The van der Waals surface area contributed by atoms with E-state index in [0.717, 1.165) is 6.07 Å². The van der Waals surface area contributed by atoms with E-state index < -0.39 is 17.8 Å². The molecule has 34 heavy (non-hydrogen) atoms. The monoisotopic (exact) mass is 485 g/mol. The van der Waals surface area contributed by atoms with Crippen molar-refractivity contribution in [1.29, 1.82) is 0 Å². The number of alkyl halides is 3. The fraction of sp³-hybridized carbons (Fsp3) is 0.217. The van der Waals surface area contributed by atoms with E-state index in [1.807, 2.05) is 6.07 Å². The highest BCUT2D eigenvalue weighted by molar-refractivity contribution is 7.13. The molecule has 0 atom stereocenters. The summed E-state index contributed by atoms with van der Waals surface area (Å²) in [6, 6.07) is 14.5. The molecule has 7 nitrogen and oxygen atoms in total. The van der Waals surface area contributed by atoms with E-state index in [4.69, 9.17) is 0 Å². The molecule has 1 saturated heterocycles. The van der Waals surface area contributed by atoms with Crippen molar-refractivity contribution in [3.8, 4) is 10.6 Å². The maximum atomic E-state index is 13.7. The van der Waals surface area contributed by atoms with Crippen LogP contribution < -0.4 is 0 Å². The minimum absolute atomic E-state index is 0.0560. The van der Waals surface area contributed by atoms with Crippen molar-refractivity contribution < 1.29 is 22.8 Å². The van der Waals surface area contributed by atoms with Gasteiger partial charge in [-0.1, -0.05) is 24.3 Å². The van der Waals surface area contributed by atoms with Crippen LogP contribution in [0.3, 0.4) is 0 Å². The van der Waals surface area contributed by atoms with Gasteiger partial charge in [-0.25, -0.2) is 9.50 Å². The molecule has 0 unspecified atom stereocenters. The summed E-state index contributed by atoms with van der Waals surface area (Å²) >= 11 is 1.27. The lowest BCUT2D eigenvalue weighted by Crippen LogP contribution is -2.50. The van der Waals surface area contributed by atoms with E-state index >= 15 is 0 Å². The molecule has 2 amide bonds. The molecule has 0 N–H and O–H groups in total. The van der Waals surface area contributed by atoms with Gasteiger partial charge in [0.2, 0.25) is 0 Å². The second-order valence-corrected chi connectivity index (χ2v) is 8.70. The Morgan fingerprint density at radius 2 is 1.56 bits per heavy atom. The predicted molar refractivity (Wildman–Crippen MR) is 120 cm³/mol. The molecule has 0 bridgehead atoms. The third-order valence-corrected chi connectivity index (χ3v) is 6.48. The number of carbonyl (C=O) groups is 2. The molecule has 0 spiro atoms. The molecule has 4 aromatic rings. The summed E-state index contributed by atoms with van der Waals surface area (Å²) in [6.07, 6.45) is -4.68. The van der Waals surface area contributed by atoms with Gasteiger partial charge in [0.1, 0.15) is 0 Å². The Hall–Kier alpha value is -3.73. The number of carbonyl (C=O) groups excluding carboxylic acids is 2. The van der Waals surface area contributed by atoms with Crippen molar-refractivity contribution >= 4 is 28.8 Å². The molecular weight excluding hydrogens is 467 g/mol. The van der Waals surface area contributed by atoms with Gasteiger partial charge in [-0.15, -0.1) is 11.3 Å². The molecule has 0 radical (unpaired) electrons. The van der Waals surface area contributed by atoms with E-state index in [0.29, 0.717) is 28.0 Å². The Kier molecular flexibility index (Phi) is 5.56. The summed E-state index contributed by atoms with van der Waals surface area (Å²) in [5.41, 5.74) is -0.446. The van der Waals surface area contributed by atoms with Crippen LogP contribution in [0, 0.1) is 0 Å². The number of fused-ring (bicyclic) bond motifs is 1. The summed E-state index contributed by atoms with van der Waals surface area (Å²) in [5.74, 6) is -0.622. The van der Waals surface area contributed by atoms with E-state index in [9.17, 15) is 22.8 Å². The molecule has 174 valence electrons. The smallest absolute Gasteiger partial charge is 0.335 e. The first kappa shape index (κ1) is 22.1. The average molecular weight is 485 g/mol. The summed E-state index contributed by atoms with van der Waals surface area (Å²) in [4.78, 5) is 33.7. The Labute approximate surface area is 196 Å². The van der Waals surface area contributed by atoms with Crippen LogP contribution in [0.2, 0.25) is 0 Å². The highest BCUT2D eigenvalue weighted by Gasteiger charge is 2.36. The zero-order chi connectivity index (χ0) is 23.9. The Morgan fingerprint density at radius 1 is 0.882 bits per heavy atom.